The molecule has 1 aromatic carbocycles. The molecule has 6 heteroatoms. The zero-order valence-electron chi connectivity index (χ0n) is 10.5. The van der Waals surface area contributed by atoms with Gasteiger partial charge in [-0.3, -0.25) is 0 Å². The van der Waals surface area contributed by atoms with Gasteiger partial charge in [-0.2, -0.15) is 0 Å². The summed E-state index contributed by atoms with van der Waals surface area (Å²) < 4.78 is 16.8. The van der Waals surface area contributed by atoms with Crippen LogP contribution in [0.2, 0.25) is 5.02 Å². The summed E-state index contributed by atoms with van der Waals surface area (Å²) in [6.45, 7) is 0.558. The van der Waals surface area contributed by atoms with E-state index >= 15 is 0 Å². The average molecular weight is 394 g/mol. The van der Waals surface area contributed by atoms with Crippen LogP contribution < -0.4 is 14.8 Å². The molecule has 0 atom stereocenters. The standard InChI is InChI=1S/C13H13ClINO3/c1-17-11-6-12(18-2)10(5-9(11)14)16-7-8-3-4-13(15)19-8/h3-6,16H,7H2,1-2H3. The molecule has 0 bridgehead atoms. The summed E-state index contributed by atoms with van der Waals surface area (Å²) in [6, 6.07) is 7.35. The normalized spacial score (nSPS) is 10.3. The third-order valence-electron chi connectivity index (χ3n) is 2.56. The second kappa shape index (κ2) is 6.38. The van der Waals surface area contributed by atoms with Crippen molar-refractivity contribution in [2.24, 2.45) is 0 Å². The summed E-state index contributed by atoms with van der Waals surface area (Å²) in [4.78, 5) is 0. The molecule has 0 fully saturated rings. The Labute approximate surface area is 130 Å². The van der Waals surface area contributed by atoms with E-state index in [9.17, 15) is 0 Å². The van der Waals surface area contributed by atoms with Crippen LogP contribution in [0.5, 0.6) is 11.5 Å². The lowest BCUT2D eigenvalue weighted by atomic mass is 10.2. The van der Waals surface area contributed by atoms with Gasteiger partial charge in [-0.1, -0.05) is 11.6 Å². The van der Waals surface area contributed by atoms with Gasteiger partial charge < -0.3 is 19.2 Å². The molecule has 0 radical (unpaired) electrons. The first-order valence-electron chi connectivity index (χ1n) is 5.53. The molecule has 0 aliphatic rings. The first-order chi connectivity index (χ1) is 9.13. The van der Waals surface area contributed by atoms with E-state index in [-0.39, 0.29) is 0 Å². The number of hydrogen-bond acceptors (Lipinski definition) is 4. The highest BCUT2D eigenvalue weighted by Gasteiger charge is 2.10. The zero-order chi connectivity index (χ0) is 13.8. The van der Waals surface area contributed by atoms with Crippen molar-refractivity contribution in [2.75, 3.05) is 19.5 Å². The Morgan fingerprint density at radius 2 is 1.95 bits per heavy atom. The topological polar surface area (TPSA) is 43.6 Å². The van der Waals surface area contributed by atoms with E-state index in [0.717, 1.165) is 15.2 Å². The van der Waals surface area contributed by atoms with Gasteiger partial charge in [-0.05, 0) is 40.8 Å². The molecule has 2 rings (SSSR count). The lowest BCUT2D eigenvalue weighted by molar-refractivity contribution is 0.395. The molecule has 0 saturated heterocycles. The first kappa shape index (κ1) is 14.3. The van der Waals surface area contributed by atoms with Crippen LogP contribution in [0.25, 0.3) is 0 Å². The van der Waals surface area contributed by atoms with Crippen molar-refractivity contribution < 1.29 is 13.9 Å². The van der Waals surface area contributed by atoms with Gasteiger partial charge in [0.05, 0.1) is 31.5 Å². The number of rotatable bonds is 5. The molecular weight excluding hydrogens is 381 g/mol. The molecule has 0 aliphatic heterocycles. The van der Waals surface area contributed by atoms with Crippen molar-refractivity contribution >= 4 is 39.9 Å². The van der Waals surface area contributed by atoms with Crippen molar-refractivity contribution in [3.05, 3.63) is 38.8 Å². The molecule has 0 saturated carbocycles. The predicted octanol–water partition coefficient (Wildman–Crippen LogP) is 4.17. The third-order valence-corrected chi connectivity index (χ3v) is 3.43. The molecule has 4 nitrogen and oxygen atoms in total. The number of methoxy groups -OCH3 is 2. The summed E-state index contributed by atoms with van der Waals surface area (Å²) in [5.74, 6) is 2.09. The van der Waals surface area contributed by atoms with E-state index in [1.807, 2.05) is 12.1 Å². The maximum absolute atomic E-state index is 6.10. The summed E-state index contributed by atoms with van der Waals surface area (Å²) in [7, 11) is 3.17. The van der Waals surface area contributed by atoms with Crippen molar-refractivity contribution in [2.45, 2.75) is 6.54 Å². The van der Waals surface area contributed by atoms with Crippen LogP contribution in [0.3, 0.4) is 0 Å². The first-order valence-corrected chi connectivity index (χ1v) is 6.99. The molecule has 1 heterocycles. The number of benzene rings is 1. The van der Waals surface area contributed by atoms with E-state index in [1.165, 1.54) is 0 Å². The van der Waals surface area contributed by atoms with Crippen molar-refractivity contribution in [1.82, 2.24) is 0 Å². The Balaban J connectivity index is 2.17. The Kier molecular flexibility index (Phi) is 4.81. The van der Waals surface area contributed by atoms with Gasteiger partial charge in [0.2, 0.25) is 0 Å². The Hall–Kier alpha value is -1.08. The maximum atomic E-state index is 6.10. The second-order valence-electron chi connectivity index (χ2n) is 3.75. The molecule has 2 aromatic rings. The van der Waals surface area contributed by atoms with Crippen LogP contribution in [0.1, 0.15) is 5.76 Å². The van der Waals surface area contributed by atoms with Crippen LogP contribution in [-0.4, -0.2) is 14.2 Å². The fourth-order valence-corrected chi connectivity index (χ4v) is 2.33. The number of hydrogen-bond donors (Lipinski definition) is 1. The Bertz CT molecular complexity index is 571. The molecule has 19 heavy (non-hydrogen) atoms. The van der Waals surface area contributed by atoms with Gasteiger partial charge in [0.25, 0.3) is 0 Å². The van der Waals surface area contributed by atoms with Gasteiger partial charge in [-0.15, -0.1) is 0 Å². The number of halogens is 2. The Morgan fingerprint density at radius 3 is 2.53 bits per heavy atom. The molecule has 0 amide bonds. The summed E-state index contributed by atoms with van der Waals surface area (Å²) in [5, 5.41) is 3.75. The van der Waals surface area contributed by atoms with Crippen LogP contribution in [0.15, 0.2) is 28.7 Å². The monoisotopic (exact) mass is 393 g/mol. The lowest BCUT2D eigenvalue weighted by Crippen LogP contribution is -2.01. The minimum Gasteiger partial charge on any atom is -0.495 e. The van der Waals surface area contributed by atoms with E-state index in [0.29, 0.717) is 23.1 Å². The highest BCUT2D eigenvalue weighted by atomic mass is 127. The van der Waals surface area contributed by atoms with Gasteiger partial charge in [0, 0.05) is 6.07 Å². The van der Waals surface area contributed by atoms with Crippen molar-refractivity contribution in [3.8, 4) is 11.5 Å². The Morgan fingerprint density at radius 1 is 1.21 bits per heavy atom. The smallest absolute Gasteiger partial charge is 0.164 e. The van der Waals surface area contributed by atoms with E-state index < -0.39 is 0 Å². The van der Waals surface area contributed by atoms with Gasteiger partial charge in [-0.25, -0.2) is 0 Å². The number of furan rings is 1. The van der Waals surface area contributed by atoms with Crippen LogP contribution >= 0.6 is 34.2 Å². The van der Waals surface area contributed by atoms with Crippen LogP contribution in [-0.2, 0) is 6.54 Å². The van der Waals surface area contributed by atoms with Crippen LogP contribution in [0, 0.1) is 3.77 Å². The maximum Gasteiger partial charge on any atom is 0.164 e. The minimum atomic E-state index is 0.528. The highest BCUT2D eigenvalue weighted by molar-refractivity contribution is 14.1. The molecule has 1 N–H and O–H groups in total. The number of ether oxygens (including phenoxy) is 2. The molecule has 1 aromatic heterocycles. The van der Waals surface area contributed by atoms with Gasteiger partial charge >= 0.3 is 0 Å². The predicted molar refractivity (Wildman–Crippen MR) is 83.3 cm³/mol. The summed E-state index contributed by atoms with van der Waals surface area (Å²) in [5.41, 5.74) is 0.791. The molecule has 102 valence electrons. The zero-order valence-corrected chi connectivity index (χ0v) is 13.4. The highest BCUT2D eigenvalue weighted by Crippen LogP contribution is 2.36. The molecule has 0 aliphatic carbocycles. The van der Waals surface area contributed by atoms with E-state index in [2.05, 4.69) is 27.9 Å². The van der Waals surface area contributed by atoms with E-state index in [1.54, 1.807) is 26.4 Å². The quantitative estimate of drug-likeness (QED) is 0.775. The largest absolute Gasteiger partial charge is 0.495 e. The molecular formula is C13H13ClINO3. The van der Waals surface area contributed by atoms with Gasteiger partial charge in [0.1, 0.15) is 17.3 Å². The average Bonchev–Trinajstić information content (AvgIpc) is 2.82. The molecule has 0 unspecified atom stereocenters. The van der Waals surface area contributed by atoms with Crippen molar-refractivity contribution in [3.63, 3.8) is 0 Å². The summed E-state index contributed by atoms with van der Waals surface area (Å²) in [6.07, 6.45) is 0. The SMILES string of the molecule is COc1cc(OC)c(NCc2ccc(I)o2)cc1Cl. The number of nitrogens with one attached hydrogen (secondary N) is 1. The minimum absolute atomic E-state index is 0.528. The summed E-state index contributed by atoms with van der Waals surface area (Å²) >= 11 is 8.23. The fourth-order valence-electron chi connectivity index (χ4n) is 1.63. The molecule has 0 spiro atoms. The van der Waals surface area contributed by atoms with E-state index in [4.69, 9.17) is 25.5 Å². The fraction of sp³-hybridized carbons (Fsp3) is 0.231. The third kappa shape index (κ3) is 3.48. The van der Waals surface area contributed by atoms with Gasteiger partial charge in [0.15, 0.2) is 3.77 Å². The number of anilines is 1. The lowest BCUT2D eigenvalue weighted by Gasteiger charge is -2.13. The van der Waals surface area contributed by atoms with Crippen molar-refractivity contribution in [1.29, 1.82) is 0 Å². The second-order valence-corrected chi connectivity index (χ2v) is 5.22. The van der Waals surface area contributed by atoms with Crippen LogP contribution in [0.4, 0.5) is 5.69 Å².